The van der Waals surface area contributed by atoms with E-state index in [1.54, 1.807) is 23.5 Å². The summed E-state index contributed by atoms with van der Waals surface area (Å²) in [5.74, 6) is 0.0192. The lowest BCUT2D eigenvalue weighted by molar-refractivity contribution is 0.0696. The van der Waals surface area contributed by atoms with Gasteiger partial charge in [-0.3, -0.25) is 0 Å². The maximum atomic E-state index is 11.3. The third-order valence-electron chi connectivity index (χ3n) is 3.30. The van der Waals surface area contributed by atoms with Gasteiger partial charge in [0.1, 0.15) is 5.82 Å². The number of hydrogen-bond donors (Lipinski definition) is 1. The van der Waals surface area contributed by atoms with Crippen LogP contribution in [0.3, 0.4) is 0 Å². The van der Waals surface area contributed by atoms with Crippen LogP contribution in [0.15, 0.2) is 29.6 Å². The number of rotatable bonds is 6. The zero-order chi connectivity index (χ0) is 15.4. The van der Waals surface area contributed by atoms with Crippen molar-refractivity contribution in [3.63, 3.8) is 0 Å². The van der Waals surface area contributed by atoms with E-state index in [0.29, 0.717) is 5.56 Å². The van der Waals surface area contributed by atoms with Gasteiger partial charge in [0, 0.05) is 17.1 Å². The molecule has 0 aliphatic heterocycles. The minimum absolute atomic E-state index is 0.198. The SMILES string of the molecule is CCN(Cc1cccs1)c1cc(C(=O)O)cc(C(C)C)n1. The van der Waals surface area contributed by atoms with Crippen LogP contribution in [0.2, 0.25) is 0 Å². The third kappa shape index (κ3) is 3.82. The van der Waals surface area contributed by atoms with Crippen LogP contribution in [0, 0.1) is 0 Å². The zero-order valence-corrected chi connectivity index (χ0v) is 13.4. The highest BCUT2D eigenvalue weighted by Crippen LogP contribution is 2.23. The summed E-state index contributed by atoms with van der Waals surface area (Å²) in [4.78, 5) is 19.3. The second kappa shape index (κ2) is 6.72. The van der Waals surface area contributed by atoms with Crippen molar-refractivity contribution in [3.8, 4) is 0 Å². The number of carboxylic acids is 1. The van der Waals surface area contributed by atoms with Crippen LogP contribution < -0.4 is 4.90 Å². The van der Waals surface area contributed by atoms with E-state index in [-0.39, 0.29) is 5.92 Å². The van der Waals surface area contributed by atoms with Gasteiger partial charge < -0.3 is 10.0 Å². The Morgan fingerprint density at radius 2 is 2.19 bits per heavy atom. The maximum Gasteiger partial charge on any atom is 0.335 e. The molecule has 2 heterocycles. The molecule has 2 aromatic heterocycles. The molecule has 0 amide bonds. The molecule has 0 saturated carbocycles. The van der Waals surface area contributed by atoms with Gasteiger partial charge in [0.2, 0.25) is 0 Å². The molecule has 0 radical (unpaired) electrons. The van der Waals surface area contributed by atoms with Crippen LogP contribution in [-0.4, -0.2) is 22.6 Å². The quantitative estimate of drug-likeness (QED) is 0.876. The van der Waals surface area contributed by atoms with Crippen molar-refractivity contribution in [2.75, 3.05) is 11.4 Å². The average Bonchev–Trinajstić information content (AvgIpc) is 2.97. The number of thiophene rings is 1. The Morgan fingerprint density at radius 1 is 1.43 bits per heavy atom. The lowest BCUT2D eigenvalue weighted by Crippen LogP contribution is -2.23. The first kappa shape index (κ1) is 15.5. The highest BCUT2D eigenvalue weighted by Gasteiger charge is 2.15. The fourth-order valence-electron chi connectivity index (χ4n) is 2.06. The van der Waals surface area contributed by atoms with E-state index in [9.17, 15) is 9.90 Å². The highest BCUT2D eigenvalue weighted by molar-refractivity contribution is 7.09. The number of hydrogen-bond acceptors (Lipinski definition) is 4. The summed E-state index contributed by atoms with van der Waals surface area (Å²) in [7, 11) is 0. The van der Waals surface area contributed by atoms with E-state index >= 15 is 0 Å². The Kier molecular flexibility index (Phi) is 4.96. The molecule has 0 bridgehead atoms. The lowest BCUT2D eigenvalue weighted by Gasteiger charge is -2.23. The molecule has 4 nitrogen and oxygen atoms in total. The molecule has 112 valence electrons. The predicted molar refractivity (Wildman–Crippen MR) is 86.3 cm³/mol. The molecule has 5 heteroatoms. The third-order valence-corrected chi connectivity index (χ3v) is 4.16. The number of anilines is 1. The van der Waals surface area contributed by atoms with Gasteiger partial charge in [0.25, 0.3) is 0 Å². The summed E-state index contributed by atoms with van der Waals surface area (Å²) < 4.78 is 0. The Labute approximate surface area is 129 Å². The van der Waals surface area contributed by atoms with Crippen LogP contribution in [0.4, 0.5) is 5.82 Å². The van der Waals surface area contributed by atoms with Crippen LogP contribution in [-0.2, 0) is 6.54 Å². The number of aromatic nitrogens is 1. The molecule has 0 unspecified atom stereocenters. The van der Waals surface area contributed by atoms with E-state index in [4.69, 9.17) is 0 Å². The van der Waals surface area contributed by atoms with Crippen LogP contribution in [0.1, 0.15) is 47.6 Å². The summed E-state index contributed by atoms with van der Waals surface area (Å²) in [6.45, 7) is 7.63. The Balaban J connectivity index is 2.37. The number of carboxylic acid groups (broad SMARTS) is 1. The predicted octanol–water partition coefficient (Wildman–Crippen LogP) is 3.99. The van der Waals surface area contributed by atoms with E-state index in [1.165, 1.54) is 4.88 Å². The van der Waals surface area contributed by atoms with Crippen molar-refractivity contribution in [3.05, 3.63) is 45.8 Å². The van der Waals surface area contributed by atoms with Crippen molar-refractivity contribution in [1.29, 1.82) is 0 Å². The molecule has 0 aliphatic rings. The van der Waals surface area contributed by atoms with Crippen molar-refractivity contribution in [2.45, 2.75) is 33.2 Å². The second-order valence-electron chi connectivity index (χ2n) is 5.19. The molecular formula is C16H20N2O2S. The van der Waals surface area contributed by atoms with Gasteiger partial charge in [-0.2, -0.15) is 0 Å². The molecule has 0 fully saturated rings. The van der Waals surface area contributed by atoms with Gasteiger partial charge in [0.05, 0.1) is 12.1 Å². The minimum Gasteiger partial charge on any atom is -0.478 e. The van der Waals surface area contributed by atoms with Gasteiger partial charge in [-0.1, -0.05) is 19.9 Å². The van der Waals surface area contributed by atoms with Gasteiger partial charge in [-0.25, -0.2) is 9.78 Å². The summed E-state index contributed by atoms with van der Waals surface area (Å²) in [6, 6.07) is 7.42. The number of pyridine rings is 1. The Morgan fingerprint density at radius 3 is 2.71 bits per heavy atom. The number of nitrogens with zero attached hydrogens (tertiary/aromatic N) is 2. The highest BCUT2D eigenvalue weighted by atomic mass is 32.1. The largest absolute Gasteiger partial charge is 0.478 e. The minimum atomic E-state index is -0.910. The van der Waals surface area contributed by atoms with Gasteiger partial charge >= 0.3 is 5.97 Å². The van der Waals surface area contributed by atoms with Crippen molar-refractivity contribution in [1.82, 2.24) is 4.98 Å². The number of carbonyl (C=O) groups is 1. The molecule has 0 spiro atoms. The molecule has 0 aliphatic carbocycles. The normalized spacial score (nSPS) is 10.9. The second-order valence-corrected chi connectivity index (χ2v) is 6.22. The Bertz CT molecular complexity index is 609. The first-order valence-electron chi connectivity index (χ1n) is 7.03. The standard InChI is InChI=1S/C16H20N2O2S/c1-4-18(10-13-6-5-7-21-13)15-9-12(16(19)20)8-14(17-15)11(2)3/h5-9,11H,4,10H2,1-3H3,(H,19,20). The van der Waals surface area contributed by atoms with E-state index < -0.39 is 5.97 Å². The summed E-state index contributed by atoms with van der Waals surface area (Å²) >= 11 is 1.70. The molecule has 2 rings (SSSR count). The van der Waals surface area contributed by atoms with Crippen LogP contribution >= 0.6 is 11.3 Å². The van der Waals surface area contributed by atoms with Gasteiger partial charge in [0.15, 0.2) is 0 Å². The van der Waals surface area contributed by atoms with E-state index in [1.807, 2.05) is 25.3 Å². The molecule has 0 atom stereocenters. The summed E-state index contributed by atoms with van der Waals surface area (Å²) in [6.07, 6.45) is 0. The van der Waals surface area contributed by atoms with E-state index in [2.05, 4.69) is 22.9 Å². The fourth-order valence-corrected chi connectivity index (χ4v) is 2.78. The first-order chi connectivity index (χ1) is 10.0. The smallest absolute Gasteiger partial charge is 0.335 e. The zero-order valence-electron chi connectivity index (χ0n) is 12.5. The van der Waals surface area contributed by atoms with E-state index in [0.717, 1.165) is 24.6 Å². The van der Waals surface area contributed by atoms with Gasteiger partial charge in [-0.05, 0) is 36.4 Å². The summed E-state index contributed by atoms with van der Waals surface area (Å²) in [5, 5.41) is 11.3. The maximum absolute atomic E-state index is 11.3. The van der Waals surface area contributed by atoms with Crippen molar-refractivity contribution >= 4 is 23.1 Å². The van der Waals surface area contributed by atoms with Crippen LogP contribution in [0.25, 0.3) is 0 Å². The molecule has 21 heavy (non-hydrogen) atoms. The number of aromatic carboxylic acids is 1. The Hall–Kier alpha value is -1.88. The van der Waals surface area contributed by atoms with Crippen molar-refractivity contribution < 1.29 is 9.90 Å². The molecule has 2 aromatic rings. The molecule has 1 N–H and O–H groups in total. The molecule has 0 aromatic carbocycles. The van der Waals surface area contributed by atoms with Crippen LogP contribution in [0.5, 0.6) is 0 Å². The molecular weight excluding hydrogens is 284 g/mol. The molecule has 0 saturated heterocycles. The first-order valence-corrected chi connectivity index (χ1v) is 7.91. The average molecular weight is 304 g/mol. The monoisotopic (exact) mass is 304 g/mol. The lowest BCUT2D eigenvalue weighted by atomic mass is 10.1. The summed E-state index contributed by atoms with van der Waals surface area (Å²) in [5.41, 5.74) is 1.11. The topological polar surface area (TPSA) is 53.4 Å². The van der Waals surface area contributed by atoms with Gasteiger partial charge in [-0.15, -0.1) is 11.3 Å². The van der Waals surface area contributed by atoms with Crippen molar-refractivity contribution in [2.24, 2.45) is 0 Å². The fraction of sp³-hybridized carbons (Fsp3) is 0.375.